The average Bonchev–Trinajstić information content (AvgIpc) is 2.78. The van der Waals surface area contributed by atoms with Gasteiger partial charge >= 0.3 is 0 Å². The van der Waals surface area contributed by atoms with E-state index in [1.54, 1.807) is 6.20 Å². The van der Waals surface area contributed by atoms with Gasteiger partial charge in [-0.25, -0.2) is 4.98 Å². The molecule has 1 nitrogen and oxygen atoms in total. The number of pyridine rings is 1. The summed E-state index contributed by atoms with van der Waals surface area (Å²) in [5.74, 6) is 6.92. The van der Waals surface area contributed by atoms with Gasteiger partial charge in [-0.15, -0.1) is 0 Å². The molecule has 1 heterocycles. The highest BCUT2D eigenvalue weighted by Gasteiger charge is 2.34. The summed E-state index contributed by atoms with van der Waals surface area (Å²) in [5.41, 5.74) is 3.57. The molecule has 134 valence electrons. The Balaban J connectivity index is 2.00. The van der Waals surface area contributed by atoms with Crippen LogP contribution in [0.2, 0.25) is 0 Å². The minimum Gasteiger partial charge on any atom is -0.247 e. The molecule has 0 saturated carbocycles. The summed E-state index contributed by atoms with van der Waals surface area (Å²) in [6, 6.07) is 35.3. The number of benzene rings is 3. The molecule has 0 atom stereocenters. The molecule has 0 aliphatic heterocycles. The van der Waals surface area contributed by atoms with E-state index in [2.05, 4.69) is 106 Å². The first kappa shape index (κ1) is 18.2. The largest absolute Gasteiger partial charge is 0.247 e. The summed E-state index contributed by atoms with van der Waals surface area (Å²) in [6.07, 6.45) is 1.78. The van der Waals surface area contributed by atoms with Crippen LogP contribution in [-0.2, 0) is 5.41 Å². The maximum absolute atomic E-state index is 4.44. The molecule has 0 radical (unpaired) electrons. The molecular weight excluding hydrogens is 406 g/mol. The van der Waals surface area contributed by atoms with Gasteiger partial charge < -0.3 is 0 Å². The fourth-order valence-corrected chi connectivity index (χ4v) is 3.62. The van der Waals surface area contributed by atoms with Crippen molar-refractivity contribution in [2.24, 2.45) is 0 Å². The predicted molar refractivity (Wildman–Crippen MR) is 118 cm³/mol. The molecule has 0 aliphatic rings. The second kappa shape index (κ2) is 8.25. The molecule has 4 aromatic rings. The molecule has 1 aromatic heterocycles. The standard InChI is InChI=1S/C26H18BrN/c27-24-16-17-25(28-20-24)18-19-26(21-10-4-1-5-11-21,22-12-6-2-7-13-22)23-14-8-3-9-15-23/h1-17,20H. The summed E-state index contributed by atoms with van der Waals surface area (Å²) in [5, 5.41) is 0. The Labute approximate surface area is 174 Å². The first-order valence-electron chi connectivity index (χ1n) is 9.10. The summed E-state index contributed by atoms with van der Waals surface area (Å²) in [4.78, 5) is 4.44. The van der Waals surface area contributed by atoms with Crippen LogP contribution in [0.25, 0.3) is 0 Å². The second-order valence-electron chi connectivity index (χ2n) is 6.46. The highest BCUT2D eigenvalue weighted by Crippen LogP contribution is 2.38. The Morgan fingerprint density at radius 1 is 0.607 bits per heavy atom. The molecule has 0 aliphatic carbocycles. The lowest BCUT2D eigenvalue weighted by atomic mass is 9.70. The van der Waals surface area contributed by atoms with E-state index in [9.17, 15) is 0 Å². The Morgan fingerprint density at radius 2 is 1.07 bits per heavy atom. The van der Waals surface area contributed by atoms with Crippen molar-refractivity contribution in [3.05, 3.63) is 136 Å². The molecule has 0 saturated heterocycles. The van der Waals surface area contributed by atoms with Crippen LogP contribution in [0.1, 0.15) is 22.4 Å². The fourth-order valence-electron chi connectivity index (χ4n) is 3.39. The van der Waals surface area contributed by atoms with Crippen molar-refractivity contribution >= 4 is 15.9 Å². The van der Waals surface area contributed by atoms with Gasteiger partial charge in [-0.05, 0) is 50.7 Å². The van der Waals surface area contributed by atoms with Crippen LogP contribution in [0.15, 0.2) is 114 Å². The van der Waals surface area contributed by atoms with E-state index in [1.807, 2.05) is 30.3 Å². The normalized spacial score (nSPS) is 10.8. The monoisotopic (exact) mass is 423 g/mol. The van der Waals surface area contributed by atoms with E-state index in [0.717, 1.165) is 26.9 Å². The first-order valence-corrected chi connectivity index (χ1v) is 9.90. The van der Waals surface area contributed by atoms with Crippen molar-refractivity contribution in [3.8, 4) is 11.8 Å². The van der Waals surface area contributed by atoms with Gasteiger partial charge in [0.1, 0.15) is 11.1 Å². The zero-order valence-corrected chi connectivity index (χ0v) is 16.8. The number of aromatic nitrogens is 1. The van der Waals surface area contributed by atoms with Crippen LogP contribution >= 0.6 is 15.9 Å². The quantitative estimate of drug-likeness (QED) is 0.281. The van der Waals surface area contributed by atoms with Crippen LogP contribution in [-0.4, -0.2) is 4.98 Å². The summed E-state index contributed by atoms with van der Waals surface area (Å²) < 4.78 is 0.943. The summed E-state index contributed by atoms with van der Waals surface area (Å²) >= 11 is 3.44. The van der Waals surface area contributed by atoms with Gasteiger partial charge in [-0.3, -0.25) is 0 Å². The minimum atomic E-state index is -0.585. The molecule has 0 amide bonds. The molecule has 4 rings (SSSR count). The highest BCUT2D eigenvalue weighted by atomic mass is 79.9. The minimum absolute atomic E-state index is 0.585. The molecule has 0 fully saturated rings. The van der Waals surface area contributed by atoms with Crippen LogP contribution < -0.4 is 0 Å². The number of hydrogen-bond donors (Lipinski definition) is 0. The second-order valence-corrected chi connectivity index (χ2v) is 7.38. The molecule has 0 bridgehead atoms. The number of nitrogens with zero attached hydrogens (tertiary/aromatic N) is 1. The lowest BCUT2D eigenvalue weighted by Crippen LogP contribution is -2.27. The van der Waals surface area contributed by atoms with Crippen molar-refractivity contribution in [1.29, 1.82) is 0 Å². The van der Waals surface area contributed by atoms with Crippen molar-refractivity contribution in [1.82, 2.24) is 4.98 Å². The molecule has 0 spiro atoms. The van der Waals surface area contributed by atoms with Crippen LogP contribution in [0.4, 0.5) is 0 Å². The van der Waals surface area contributed by atoms with Gasteiger partial charge in [0.2, 0.25) is 0 Å². The van der Waals surface area contributed by atoms with Gasteiger partial charge in [0.25, 0.3) is 0 Å². The van der Waals surface area contributed by atoms with Gasteiger partial charge in [0.15, 0.2) is 0 Å². The topological polar surface area (TPSA) is 12.9 Å². The molecule has 0 unspecified atom stereocenters. The highest BCUT2D eigenvalue weighted by molar-refractivity contribution is 9.10. The maximum Gasteiger partial charge on any atom is 0.113 e. The third-order valence-electron chi connectivity index (χ3n) is 4.73. The number of rotatable bonds is 3. The van der Waals surface area contributed by atoms with Crippen molar-refractivity contribution < 1.29 is 0 Å². The van der Waals surface area contributed by atoms with E-state index in [0.29, 0.717) is 0 Å². The molecular formula is C26H18BrN. The van der Waals surface area contributed by atoms with Gasteiger partial charge in [0, 0.05) is 10.7 Å². The average molecular weight is 424 g/mol. The van der Waals surface area contributed by atoms with Crippen molar-refractivity contribution in [3.63, 3.8) is 0 Å². The Hall–Kier alpha value is -3.15. The van der Waals surface area contributed by atoms with Crippen LogP contribution in [0.3, 0.4) is 0 Å². The van der Waals surface area contributed by atoms with Gasteiger partial charge in [-0.2, -0.15) is 0 Å². The van der Waals surface area contributed by atoms with Crippen molar-refractivity contribution in [2.45, 2.75) is 5.41 Å². The van der Waals surface area contributed by atoms with E-state index in [4.69, 9.17) is 0 Å². The van der Waals surface area contributed by atoms with E-state index >= 15 is 0 Å². The summed E-state index contributed by atoms with van der Waals surface area (Å²) in [6.45, 7) is 0. The Bertz CT molecular complexity index is 997. The van der Waals surface area contributed by atoms with Gasteiger partial charge in [-0.1, -0.05) is 96.9 Å². The van der Waals surface area contributed by atoms with Gasteiger partial charge in [0.05, 0.1) is 0 Å². The zero-order chi connectivity index (χ0) is 19.2. The summed E-state index contributed by atoms with van der Waals surface area (Å²) in [7, 11) is 0. The van der Waals surface area contributed by atoms with Crippen LogP contribution in [0.5, 0.6) is 0 Å². The third-order valence-corrected chi connectivity index (χ3v) is 5.19. The lowest BCUT2D eigenvalue weighted by Gasteiger charge is -2.30. The first-order chi connectivity index (χ1) is 13.8. The smallest absolute Gasteiger partial charge is 0.113 e. The predicted octanol–water partition coefficient (Wildman–Crippen LogP) is 6.23. The third kappa shape index (κ3) is 3.63. The molecule has 3 aromatic carbocycles. The number of hydrogen-bond acceptors (Lipinski definition) is 1. The van der Waals surface area contributed by atoms with E-state index in [-0.39, 0.29) is 0 Å². The van der Waals surface area contributed by atoms with E-state index in [1.165, 1.54) is 0 Å². The molecule has 2 heteroatoms. The maximum atomic E-state index is 4.44. The molecule has 0 N–H and O–H groups in total. The SMILES string of the molecule is Brc1ccc(C#CC(c2ccccc2)(c2ccccc2)c2ccccc2)nc1. The van der Waals surface area contributed by atoms with E-state index < -0.39 is 5.41 Å². The Kier molecular flexibility index (Phi) is 5.37. The van der Waals surface area contributed by atoms with Crippen molar-refractivity contribution in [2.75, 3.05) is 0 Å². The van der Waals surface area contributed by atoms with Crippen LogP contribution in [0, 0.1) is 11.8 Å². The number of halogens is 1. The lowest BCUT2D eigenvalue weighted by molar-refractivity contribution is 0.809. The fraction of sp³-hybridized carbons (Fsp3) is 0.0385. The molecule has 28 heavy (non-hydrogen) atoms. The Morgan fingerprint density at radius 3 is 1.46 bits per heavy atom. The zero-order valence-electron chi connectivity index (χ0n) is 15.2.